The summed E-state index contributed by atoms with van der Waals surface area (Å²) in [6.07, 6.45) is 0.186. The molecule has 2 atom stereocenters. The highest BCUT2D eigenvalue weighted by atomic mass is 35.5. The summed E-state index contributed by atoms with van der Waals surface area (Å²) in [5.74, 6) is 0.217. The first-order chi connectivity index (χ1) is 14.0. The van der Waals surface area contributed by atoms with E-state index in [0.717, 1.165) is 22.4 Å². The number of hydrogen-bond donors (Lipinski definition) is 2. The Balaban J connectivity index is 1.76. The van der Waals surface area contributed by atoms with Gasteiger partial charge >= 0.3 is 0 Å². The summed E-state index contributed by atoms with van der Waals surface area (Å²) >= 11 is 6.03. The maximum atomic E-state index is 13.4. The van der Waals surface area contributed by atoms with Gasteiger partial charge < -0.3 is 9.84 Å². The van der Waals surface area contributed by atoms with Crippen LogP contribution in [0.5, 0.6) is 11.5 Å². The van der Waals surface area contributed by atoms with E-state index < -0.39 is 0 Å². The summed E-state index contributed by atoms with van der Waals surface area (Å²) in [7, 11) is 1.52. The Kier molecular flexibility index (Phi) is 5.51. The average Bonchev–Trinajstić information content (AvgIpc) is 2.74. The van der Waals surface area contributed by atoms with E-state index in [2.05, 4.69) is 5.32 Å². The largest absolute Gasteiger partial charge is 0.504 e. The van der Waals surface area contributed by atoms with Crippen molar-refractivity contribution in [3.63, 3.8) is 0 Å². The first-order valence-corrected chi connectivity index (χ1v) is 9.63. The third-order valence-corrected chi connectivity index (χ3v) is 5.28. The van der Waals surface area contributed by atoms with E-state index in [1.165, 1.54) is 19.2 Å². The Bertz CT molecular complexity index is 1040. The van der Waals surface area contributed by atoms with Gasteiger partial charge in [0.1, 0.15) is 12.0 Å². The molecule has 0 bridgehead atoms. The minimum absolute atomic E-state index is 0.0997. The lowest BCUT2D eigenvalue weighted by Gasteiger charge is -2.31. The van der Waals surface area contributed by atoms with Crippen molar-refractivity contribution in [2.75, 3.05) is 7.11 Å². The SMILES string of the molecule is COc1cccc([C@H]2CC(c3ccc(Cl)cc3)=N[C@H](c3ccc(F)cc3)N2)c1O. The minimum Gasteiger partial charge on any atom is -0.504 e. The van der Waals surface area contributed by atoms with Crippen LogP contribution in [0.15, 0.2) is 71.7 Å². The van der Waals surface area contributed by atoms with Gasteiger partial charge in [-0.05, 0) is 41.5 Å². The molecule has 0 spiro atoms. The van der Waals surface area contributed by atoms with Crippen LogP contribution in [0, 0.1) is 5.82 Å². The van der Waals surface area contributed by atoms with E-state index in [4.69, 9.17) is 21.3 Å². The van der Waals surface area contributed by atoms with E-state index in [9.17, 15) is 9.50 Å². The third kappa shape index (κ3) is 4.11. The lowest BCUT2D eigenvalue weighted by atomic mass is 9.93. The molecule has 3 aromatic rings. The standard InChI is InChI=1S/C23H20ClFN2O2/c1-29-21-4-2-3-18(22(21)28)20-13-19(14-5-9-16(24)10-6-14)26-23(27-20)15-7-11-17(25)12-8-15/h2-12,20,23,27-28H,13H2,1H3/t20-,23+/m1/s1. The van der Waals surface area contributed by atoms with Crippen molar-refractivity contribution in [3.05, 3.63) is 94.3 Å². The molecule has 0 aliphatic carbocycles. The number of phenolic OH excluding ortho intramolecular Hbond substituents is 1. The molecule has 0 aromatic heterocycles. The molecule has 29 heavy (non-hydrogen) atoms. The van der Waals surface area contributed by atoms with Gasteiger partial charge in [-0.1, -0.05) is 48.0 Å². The number of phenols is 1. The zero-order valence-corrected chi connectivity index (χ0v) is 16.5. The number of benzene rings is 3. The van der Waals surface area contributed by atoms with Crippen LogP contribution in [0.1, 0.15) is 35.3 Å². The average molecular weight is 411 g/mol. The number of hydrogen-bond acceptors (Lipinski definition) is 4. The molecule has 0 radical (unpaired) electrons. The second-order valence-corrected chi connectivity index (χ2v) is 7.29. The number of para-hydroxylation sites is 1. The van der Waals surface area contributed by atoms with E-state index in [-0.39, 0.29) is 23.8 Å². The molecule has 0 amide bonds. The predicted octanol–water partition coefficient (Wildman–Crippen LogP) is 5.42. The van der Waals surface area contributed by atoms with Gasteiger partial charge in [0.05, 0.1) is 7.11 Å². The van der Waals surface area contributed by atoms with Gasteiger partial charge in [-0.25, -0.2) is 4.39 Å². The van der Waals surface area contributed by atoms with Crippen LogP contribution in [0.4, 0.5) is 4.39 Å². The molecule has 0 fully saturated rings. The fourth-order valence-corrected chi connectivity index (χ4v) is 3.65. The quantitative estimate of drug-likeness (QED) is 0.604. The van der Waals surface area contributed by atoms with Crippen molar-refractivity contribution in [2.45, 2.75) is 18.6 Å². The van der Waals surface area contributed by atoms with Gasteiger partial charge in [0.25, 0.3) is 0 Å². The zero-order valence-electron chi connectivity index (χ0n) is 15.8. The lowest BCUT2D eigenvalue weighted by Crippen LogP contribution is -2.33. The highest BCUT2D eigenvalue weighted by Crippen LogP contribution is 2.38. The fraction of sp³-hybridized carbons (Fsp3) is 0.174. The number of nitrogens with one attached hydrogen (secondary N) is 1. The summed E-state index contributed by atoms with van der Waals surface area (Å²) in [4.78, 5) is 4.86. The molecule has 1 aliphatic rings. The van der Waals surface area contributed by atoms with Crippen LogP contribution in [-0.2, 0) is 0 Å². The topological polar surface area (TPSA) is 53.8 Å². The molecule has 6 heteroatoms. The van der Waals surface area contributed by atoms with E-state index in [1.54, 1.807) is 18.2 Å². The molecule has 1 heterocycles. The Morgan fingerprint density at radius 1 is 1.07 bits per heavy atom. The van der Waals surface area contributed by atoms with Crippen molar-refractivity contribution in [2.24, 2.45) is 4.99 Å². The van der Waals surface area contributed by atoms with E-state index >= 15 is 0 Å². The van der Waals surface area contributed by atoms with E-state index in [1.807, 2.05) is 36.4 Å². The third-order valence-electron chi connectivity index (χ3n) is 5.03. The normalized spacial score (nSPS) is 18.9. The molecule has 2 N–H and O–H groups in total. The second kappa shape index (κ2) is 8.23. The number of methoxy groups -OCH3 is 1. The first-order valence-electron chi connectivity index (χ1n) is 9.25. The van der Waals surface area contributed by atoms with Crippen molar-refractivity contribution in [1.29, 1.82) is 0 Å². The van der Waals surface area contributed by atoms with Crippen LogP contribution in [0.25, 0.3) is 0 Å². The van der Waals surface area contributed by atoms with Crippen molar-refractivity contribution < 1.29 is 14.2 Å². The summed E-state index contributed by atoms with van der Waals surface area (Å²) in [6.45, 7) is 0. The predicted molar refractivity (Wildman–Crippen MR) is 112 cm³/mol. The first kappa shape index (κ1) is 19.4. The van der Waals surface area contributed by atoms with Crippen molar-refractivity contribution in [3.8, 4) is 11.5 Å². The Morgan fingerprint density at radius 2 is 1.79 bits per heavy atom. The smallest absolute Gasteiger partial charge is 0.162 e. The fourth-order valence-electron chi connectivity index (χ4n) is 3.52. The monoisotopic (exact) mass is 410 g/mol. The van der Waals surface area contributed by atoms with Crippen LogP contribution in [0.3, 0.4) is 0 Å². The van der Waals surface area contributed by atoms with Gasteiger partial charge in [-0.3, -0.25) is 10.3 Å². The van der Waals surface area contributed by atoms with Gasteiger partial charge in [-0.2, -0.15) is 0 Å². The van der Waals surface area contributed by atoms with Crippen molar-refractivity contribution in [1.82, 2.24) is 5.32 Å². The molecular weight excluding hydrogens is 391 g/mol. The number of rotatable bonds is 4. The zero-order chi connectivity index (χ0) is 20.4. The summed E-state index contributed by atoms with van der Waals surface area (Å²) in [5, 5.41) is 14.8. The lowest BCUT2D eigenvalue weighted by molar-refractivity contribution is 0.360. The summed E-state index contributed by atoms with van der Waals surface area (Å²) in [6, 6.07) is 19.0. The summed E-state index contributed by atoms with van der Waals surface area (Å²) in [5.41, 5.74) is 3.39. The van der Waals surface area contributed by atoms with Crippen molar-refractivity contribution >= 4 is 17.3 Å². The highest BCUT2D eigenvalue weighted by molar-refractivity contribution is 6.30. The Hall–Kier alpha value is -2.89. The van der Waals surface area contributed by atoms with Gasteiger partial charge in [0.15, 0.2) is 11.5 Å². The number of ether oxygens (including phenoxy) is 1. The molecule has 0 unspecified atom stereocenters. The Labute approximate surface area is 173 Å². The van der Waals surface area contributed by atoms with Crippen LogP contribution in [0.2, 0.25) is 5.02 Å². The highest BCUT2D eigenvalue weighted by Gasteiger charge is 2.28. The van der Waals surface area contributed by atoms with Gasteiger partial charge in [0, 0.05) is 28.8 Å². The number of aliphatic imine (C=N–C) groups is 1. The second-order valence-electron chi connectivity index (χ2n) is 6.86. The number of aromatic hydroxyl groups is 1. The Morgan fingerprint density at radius 3 is 2.48 bits per heavy atom. The number of halogens is 2. The van der Waals surface area contributed by atoms with Gasteiger partial charge in [0.2, 0.25) is 0 Å². The van der Waals surface area contributed by atoms with Crippen LogP contribution >= 0.6 is 11.6 Å². The minimum atomic E-state index is -0.384. The van der Waals surface area contributed by atoms with Crippen LogP contribution in [-0.4, -0.2) is 17.9 Å². The molecule has 4 rings (SSSR count). The molecule has 1 aliphatic heterocycles. The molecule has 3 aromatic carbocycles. The molecule has 0 saturated heterocycles. The molecular formula is C23H20ClFN2O2. The number of nitrogens with zero attached hydrogens (tertiary/aromatic N) is 1. The van der Waals surface area contributed by atoms with Gasteiger partial charge in [-0.15, -0.1) is 0 Å². The maximum Gasteiger partial charge on any atom is 0.162 e. The van der Waals surface area contributed by atoms with E-state index in [0.29, 0.717) is 17.2 Å². The molecule has 148 valence electrons. The maximum absolute atomic E-state index is 13.4. The molecule has 0 saturated carbocycles. The summed E-state index contributed by atoms with van der Waals surface area (Å²) < 4.78 is 18.7. The molecule has 4 nitrogen and oxygen atoms in total. The van der Waals surface area contributed by atoms with Crippen LogP contribution < -0.4 is 10.1 Å².